The minimum atomic E-state index is -0.508. The molecule has 21 heavy (non-hydrogen) atoms. The quantitative estimate of drug-likeness (QED) is 0.780. The highest BCUT2D eigenvalue weighted by Gasteiger charge is 2.22. The lowest BCUT2D eigenvalue weighted by Crippen LogP contribution is -2.49. The first kappa shape index (κ1) is 17.3. The van der Waals surface area contributed by atoms with Gasteiger partial charge in [0, 0.05) is 12.2 Å². The van der Waals surface area contributed by atoms with E-state index in [2.05, 4.69) is 10.6 Å². The lowest BCUT2D eigenvalue weighted by atomic mass is 10.1. The number of rotatable bonds is 5. The first-order valence-electron chi connectivity index (χ1n) is 7.24. The Morgan fingerprint density at radius 2 is 1.95 bits per heavy atom. The summed E-state index contributed by atoms with van der Waals surface area (Å²) in [5.74, 6) is 0. The molecule has 1 aromatic rings. The number of nitrogens with two attached hydrogens (primary N) is 1. The van der Waals surface area contributed by atoms with Crippen molar-refractivity contribution in [2.75, 3.05) is 11.9 Å². The summed E-state index contributed by atoms with van der Waals surface area (Å²) in [5.41, 5.74) is 7.47. The number of alkyl carbamates (subject to hydrolysis) is 1. The average molecular weight is 293 g/mol. The van der Waals surface area contributed by atoms with Crippen molar-refractivity contribution in [3.8, 4) is 0 Å². The Balaban J connectivity index is 2.63. The molecule has 0 aliphatic heterocycles. The standard InChI is InChI=1S/C16H27N3O2/c1-11-8-6-7-9-13(11)19-14(10-17)12(2)18-15(20)21-16(3,4)5/h6-9,12,14,19H,10,17H2,1-5H3,(H,18,20). The fourth-order valence-electron chi connectivity index (χ4n) is 1.92. The fraction of sp³-hybridized carbons (Fsp3) is 0.562. The number of carbonyl (C=O) groups is 1. The first-order valence-corrected chi connectivity index (χ1v) is 7.24. The van der Waals surface area contributed by atoms with Gasteiger partial charge >= 0.3 is 6.09 Å². The molecule has 0 saturated carbocycles. The van der Waals surface area contributed by atoms with Gasteiger partial charge in [0.25, 0.3) is 0 Å². The number of hydrogen-bond donors (Lipinski definition) is 3. The van der Waals surface area contributed by atoms with Crippen molar-refractivity contribution >= 4 is 11.8 Å². The van der Waals surface area contributed by atoms with Crippen molar-refractivity contribution in [1.82, 2.24) is 5.32 Å². The minimum absolute atomic E-state index is 0.0707. The molecule has 0 saturated heterocycles. The molecule has 0 radical (unpaired) electrons. The Morgan fingerprint density at radius 1 is 1.33 bits per heavy atom. The fourth-order valence-corrected chi connectivity index (χ4v) is 1.92. The van der Waals surface area contributed by atoms with Crippen molar-refractivity contribution in [2.24, 2.45) is 5.73 Å². The van der Waals surface area contributed by atoms with Gasteiger partial charge in [-0.2, -0.15) is 0 Å². The number of anilines is 1. The second-order valence-electron chi connectivity index (χ2n) is 6.24. The zero-order chi connectivity index (χ0) is 16.0. The molecule has 0 spiro atoms. The highest BCUT2D eigenvalue weighted by Crippen LogP contribution is 2.15. The molecular weight excluding hydrogens is 266 g/mol. The zero-order valence-corrected chi connectivity index (χ0v) is 13.6. The summed E-state index contributed by atoms with van der Waals surface area (Å²) in [6, 6.07) is 7.76. The van der Waals surface area contributed by atoms with Crippen molar-refractivity contribution in [1.29, 1.82) is 0 Å². The lowest BCUT2D eigenvalue weighted by Gasteiger charge is -2.28. The predicted molar refractivity (Wildman–Crippen MR) is 86.5 cm³/mol. The van der Waals surface area contributed by atoms with E-state index in [-0.39, 0.29) is 12.1 Å². The lowest BCUT2D eigenvalue weighted by molar-refractivity contribution is 0.0504. The molecule has 2 unspecified atom stereocenters. The van der Waals surface area contributed by atoms with Crippen LogP contribution >= 0.6 is 0 Å². The van der Waals surface area contributed by atoms with Crippen LogP contribution in [-0.2, 0) is 4.74 Å². The molecule has 0 heterocycles. The van der Waals surface area contributed by atoms with Crippen molar-refractivity contribution in [3.05, 3.63) is 29.8 Å². The molecule has 2 atom stereocenters. The Bertz CT molecular complexity index is 469. The van der Waals surface area contributed by atoms with Crippen LogP contribution in [0.15, 0.2) is 24.3 Å². The molecule has 118 valence electrons. The second kappa shape index (κ2) is 7.31. The number of amides is 1. The van der Waals surface area contributed by atoms with E-state index in [0.29, 0.717) is 6.54 Å². The normalized spacial score (nSPS) is 14.2. The van der Waals surface area contributed by atoms with Gasteiger partial charge in [-0.3, -0.25) is 0 Å². The molecule has 0 aromatic heterocycles. The van der Waals surface area contributed by atoms with Crippen LogP contribution in [0.1, 0.15) is 33.3 Å². The summed E-state index contributed by atoms with van der Waals surface area (Å²) in [6.45, 7) is 9.86. The van der Waals surface area contributed by atoms with Crippen LogP contribution in [0.5, 0.6) is 0 Å². The molecule has 1 aromatic carbocycles. The highest BCUT2D eigenvalue weighted by atomic mass is 16.6. The number of para-hydroxylation sites is 1. The van der Waals surface area contributed by atoms with Crippen molar-refractivity contribution in [2.45, 2.75) is 52.3 Å². The van der Waals surface area contributed by atoms with Gasteiger partial charge in [0.15, 0.2) is 0 Å². The monoisotopic (exact) mass is 293 g/mol. The van der Waals surface area contributed by atoms with Crippen LogP contribution in [0.4, 0.5) is 10.5 Å². The SMILES string of the molecule is Cc1ccccc1NC(CN)C(C)NC(=O)OC(C)(C)C. The van der Waals surface area contributed by atoms with E-state index in [9.17, 15) is 4.79 Å². The van der Waals surface area contributed by atoms with Crippen LogP contribution < -0.4 is 16.4 Å². The van der Waals surface area contributed by atoms with Crippen LogP contribution in [0.3, 0.4) is 0 Å². The molecule has 1 rings (SSSR count). The van der Waals surface area contributed by atoms with Crippen molar-refractivity contribution in [3.63, 3.8) is 0 Å². The minimum Gasteiger partial charge on any atom is -0.444 e. The predicted octanol–water partition coefficient (Wildman–Crippen LogP) is 2.65. The third kappa shape index (κ3) is 6.04. The third-order valence-corrected chi connectivity index (χ3v) is 3.09. The molecule has 1 amide bonds. The average Bonchev–Trinajstić information content (AvgIpc) is 2.35. The van der Waals surface area contributed by atoms with Gasteiger partial charge in [-0.15, -0.1) is 0 Å². The topological polar surface area (TPSA) is 76.4 Å². The molecule has 0 aliphatic carbocycles. The molecule has 5 heteroatoms. The summed E-state index contributed by atoms with van der Waals surface area (Å²) in [4.78, 5) is 11.8. The van der Waals surface area contributed by atoms with Gasteiger partial charge in [0.1, 0.15) is 5.60 Å². The molecular formula is C16H27N3O2. The van der Waals surface area contributed by atoms with E-state index in [1.54, 1.807) is 0 Å². The van der Waals surface area contributed by atoms with Crippen LogP contribution in [0, 0.1) is 6.92 Å². The molecule has 4 N–H and O–H groups in total. The molecule has 0 bridgehead atoms. The Kier molecular flexibility index (Phi) is 6.03. The smallest absolute Gasteiger partial charge is 0.407 e. The van der Waals surface area contributed by atoms with Gasteiger partial charge in [0.05, 0.1) is 12.1 Å². The van der Waals surface area contributed by atoms with Gasteiger partial charge in [0.2, 0.25) is 0 Å². The number of carbonyl (C=O) groups excluding carboxylic acids is 1. The number of aryl methyl sites for hydroxylation is 1. The van der Waals surface area contributed by atoms with E-state index in [1.807, 2.05) is 58.9 Å². The third-order valence-electron chi connectivity index (χ3n) is 3.09. The Hall–Kier alpha value is -1.75. The van der Waals surface area contributed by atoms with E-state index in [0.717, 1.165) is 11.3 Å². The molecule has 0 fully saturated rings. The van der Waals surface area contributed by atoms with Crippen molar-refractivity contribution < 1.29 is 9.53 Å². The molecule has 0 aliphatic rings. The second-order valence-corrected chi connectivity index (χ2v) is 6.24. The summed E-state index contributed by atoms with van der Waals surface area (Å²) in [7, 11) is 0. The summed E-state index contributed by atoms with van der Waals surface area (Å²) >= 11 is 0. The van der Waals surface area contributed by atoms with Crippen LogP contribution in [0.2, 0.25) is 0 Å². The van der Waals surface area contributed by atoms with Gasteiger partial charge < -0.3 is 21.1 Å². The van der Waals surface area contributed by atoms with Gasteiger partial charge in [-0.25, -0.2) is 4.79 Å². The zero-order valence-electron chi connectivity index (χ0n) is 13.6. The van der Waals surface area contributed by atoms with Gasteiger partial charge in [-0.1, -0.05) is 18.2 Å². The van der Waals surface area contributed by atoms with E-state index in [1.165, 1.54) is 0 Å². The maximum atomic E-state index is 11.8. The van der Waals surface area contributed by atoms with Gasteiger partial charge in [-0.05, 0) is 46.2 Å². The maximum absolute atomic E-state index is 11.8. The number of nitrogens with one attached hydrogen (secondary N) is 2. The Labute approximate surface area is 127 Å². The van der Waals surface area contributed by atoms with E-state index >= 15 is 0 Å². The largest absolute Gasteiger partial charge is 0.444 e. The maximum Gasteiger partial charge on any atom is 0.407 e. The number of hydrogen-bond acceptors (Lipinski definition) is 4. The number of ether oxygens (including phenoxy) is 1. The number of benzene rings is 1. The van der Waals surface area contributed by atoms with Crippen LogP contribution in [0.25, 0.3) is 0 Å². The summed E-state index contributed by atoms with van der Waals surface area (Å²) in [6.07, 6.45) is -0.431. The summed E-state index contributed by atoms with van der Waals surface area (Å²) < 4.78 is 5.26. The highest BCUT2D eigenvalue weighted by molar-refractivity contribution is 5.68. The summed E-state index contributed by atoms with van der Waals surface area (Å²) in [5, 5.41) is 6.19. The first-order chi connectivity index (χ1) is 9.73. The van der Waals surface area contributed by atoms with Crippen LogP contribution in [-0.4, -0.2) is 30.3 Å². The van der Waals surface area contributed by atoms with E-state index in [4.69, 9.17) is 10.5 Å². The van der Waals surface area contributed by atoms with E-state index < -0.39 is 11.7 Å². The Morgan fingerprint density at radius 3 is 2.48 bits per heavy atom. The molecule has 5 nitrogen and oxygen atoms in total.